The van der Waals surface area contributed by atoms with E-state index in [1.165, 1.54) is 16.0 Å². The van der Waals surface area contributed by atoms with Gasteiger partial charge < -0.3 is 10.1 Å². The van der Waals surface area contributed by atoms with E-state index >= 15 is 0 Å². The fourth-order valence-corrected chi connectivity index (χ4v) is 3.28. The van der Waals surface area contributed by atoms with Crippen LogP contribution in [0.1, 0.15) is 37.3 Å². The van der Waals surface area contributed by atoms with Gasteiger partial charge >= 0.3 is 0 Å². The quantitative estimate of drug-likeness (QED) is 0.518. The first-order valence-corrected chi connectivity index (χ1v) is 9.72. The predicted molar refractivity (Wildman–Crippen MR) is 106 cm³/mol. The Balaban J connectivity index is 1.63. The monoisotopic (exact) mass is 357 g/mol. The normalized spacial score (nSPS) is 10.7. The van der Waals surface area contributed by atoms with Crippen LogP contribution in [0.3, 0.4) is 0 Å². The van der Waals surface area contributed by atoms with E-state index < -0.39 is 0 Å². The Bertz CT molecular complexity index is 668. The van der Waals surface area contributed by atoms with E-state index in [2.05, 4.69) is 56.4 Å². The van der Waals surface area contributed by atoms with Crippen LogP contribution in [-0.4, -0.2) is 24.8 Å². The van der Waals surface area contributed by atoms with Gasteiger partial charge in [-0.3, -0.25) is 4.79 Å². The van der Waals surface area contributed by atoms with Gasteiger partial charge in [0.2, 0.25) is 5.91 Å². The molecule has 0 aliphatic rings. The number of carbonyl (C=O) groups is 1. The van der Waals surface area contributed by atoms with Crippen LogP contribution in [0.2, 0.25) is 0 Å². The number of ether oxygens (including phenoxy) is 1. The smallest absolute Gasteiger partial charge is 0.220 e. The zero-order valence-corrected chi connectivity index (χ0v) is 16.1. The van der Waals surface area contributed by atoms with E-state index in [0.717, 1.165) is 11.5 Å². The van der Waals surface area contributed by atoms with E-state index in [4.69, 9.17) is 4.74 Å². The molecule has 0 unspecified atom stereocenters. The highest BCUT2D eigenvalue weighted by molar-refractivity contribution is 7.99. The highest BCUT2D eigenvalue weighted by Crippen LogP contribution is 2.25. The second-order valence-electron chi connectivity index (χ2n) is 6.30. The second-order valence-corrected chi connectivity index (χ2v) is 7.47. The SMILES string of the molecule is Cc1ccc(SCCC(=O)NCCOc2ccccc2C(C)C)cc1. The third-order valence-corrected chi connectivity index (χ3v) is 4.86. The maximum atomic E-state index is 11.9. The van der Waals surface area contributed by atoms with Crippen molar-refractivity contribution in [3.63, 3.8) is 0 Å². The van der Waals surface area contributed by atoms with Gasteiger partial charge in [0.1, 0.15) is 12.4 Å². The van der Waals surface area contributed by atoms with Crippen molar-refractivity contribution in [1.82, 2.24) is 5.32 Å². The molecule has 0 saturated heterocycles. The van der Waals surface area contributed by atoms with Crippen molar-refractivity contribution in [1.29, 1.82) is 0 Å². The van der Waals surface area contributed by atoms with Crippen LogP contribution >= 0.6 is 11.8 Å². The van der Waals surface area contributed by atoms with E-state index in [-0.39, 0.29) is 5.91 Å². The molecule has 0 fully saturated rings. The highest BCUT2D eigenvalue weighted by Gasteiger charge is 2.07. The summed E-state index contributed by atoms with van der Waals surface area (Å²) in [6.07, 6.45) is 0.515. The number of aryl methyl sites for hydroxylation is 1. The molecule has 2 aromatic carbocycles. The second kappa shape index (κ2) is 10.1. The lowest BCUT2D eigenvalue weighted by Gasteiger charge is -2.14. The first kappa shape index (κ1) is 19.4. The summed E-state index contributed by atoms with van der Waals surface area (Å²) in [6, 6.07) is 16.4. The first-order valence-electron chi connectivity index (χ1n) is 8.74. The van der Waals surface area contributed by atoms with Crippen LogP contribution in [0.15, 0.2) is 53.4 Å². The zero-order chi connectivity index (χ0) is 18.1. The topological polar surface area (TPSA) is 38.3 Å². The van der Waals surface area contributed by atoms with Crippen molar-refractivity contribution >= 4 is 17.7 Å². The lowest BCUT2D eigenvalue weighted by molar-refractivity contribution is -0.120. The molecule has 0 radical (unpaired) electrons. The Morgan fingerprint density at radius 2 is 1.84 bits per heavy atom. The molecular formula is C21H27NO2S. The summed E-state index contributed by atoms with van der Waals surface area (Å²) >= 11 is 1.71. The Morgan fingerprint density at radius 3 is 2.56 bits per heavy atom. The highest BCUT2D eigenvalue weighted by atomic mass is 32.2. The van der Waals surface area contributed by atoms with Crippen LogP contribution in [-0.2, 0) is 4.79 Å². The first-order chi connectivity index (χ1) is 12.1. The summed E-state index contributed by atoms with van der Waals surface area (Å²) in [5, 5.41) is 2.92. The van der Waals surface area contributed by atoms with E-state index in [0.29, 0.717) is 25.5 Å². The van der Waals surface area contributed by atoms with Crippen molar-refractivity contribution in [3.8, 4) is 5.75 Å². The Hall–Kier alpha value is -1.94. The summed E-state index contributed by atoms with van der Waals surface area (Å²) in [5.74, 6) is 2.18. The van der Waals surface area contributed by atoms with Crippen molar-refractivity contribution in [3.05, 3.63) is 59.7 Å². The summed E-state index contributed by atoms with van der Waals surface area (Å²) < 4.78 is 5.81. The number of carbonyl (C=O) groups excluding carboxylic acids is 1. The van der Waals surface area contributed by atoms with Gasteiger partial charge in [-0.2, -0.15) is 0 Å². The third kappa shape index (κ3) is 6.83. The van der Waals surface area contributed by atoms with Gasteiger partial charge in [0.15, 0.2) is 0 Å². The van der Waals surface area contributed by atoms with E-state index in [9.17, 15) is 4.79 Å². The number of hydrogen-bond donors (Lipinski definition) is 1. The van der Waals surface area contributed by atoms with Crippen LogP contribution in [0, 0.1) is 6.92 Å². The van der Waals surface area contributed by atoms with E-state index in [1.54, 1.807) is 11.8 Å². The number of amides is 1. The summed E-state index contributed by atoms with van der Waals surface area (Å²) in [4.78, 5) is 13.1. The lowest BCUT2D eigenvalue weighted by atomic mass is 10.0. The standard InChI is InChI=1S/C21H27NO2S/c1-16(2)19-6-4-5-7-20(19)24-14-13-22-21(23)12-15-25-18-10-8-17(3)9-11-18/h4-11,16H,12-15H2,1-3H3,(H,22,23). The fourth-order valence-electron chi connectivity index (χ4n) is 2.42. The maximum absolute atomic E-state index is 11.9. The summed E-state index contributed by atoms with van der Waals surface area (Å²) in [7, 11) is 0. The molecule has 2 rings (SSSR count). The number of hydrogen-bond acceptors (Lipinski definition) is 3. The molecule has 0 heterocycles. The molecule has 1 N–H and O–H groups in total. The van der Waals surface area contributed by atoms with Crippen LogP contribution in [0.5, 0.6) is 5.75 Å². The van der Waals surface area contributed by atoms with Gasteiger partial charge in [-0.05, 0) is 36.6 Å². The van der Waals surface area contributed by atoms with Gasteiger partial charge in [-0.1, -0.05) is 49.7 Å². The van der Waals surface area contributed by atoms with Crippen molar-refractivity contribution in [2.24, 2.45) is 0 Å². The summed E-state index contributed by atoms with van der Waals surface area (Å²) in [5.41, 5.74) is 2.45. The molecule has 0 aromatic heterocycles. The minimum absolute atomic E-state index is 0.0698. The molecule has 3 nitrogen and oxygen atoms in total. The van der Waals surface area contributed by atoms with Crippen molar-refractivity contribution in [2.75, 3.05) is 18.9 Å². The molecule has 0 saturated carbocycles. The molecule has 0 atom stereocenters. The Morgan fingerprint density at radius 1 is 1.12 bits per heavy atom. The molecule has 0 aliphatic heterocycles. The number of para-hydroxylation sites is 1. The van der Waals surface area contributed by atoms with Gasteiger partial charge in [0, 0.05) is 17.1 Å². The van der Waals surface area contributed by atoms with Gasteiger partial charge in [0.25, 0.3) is 0 Å². The Kier molecular flexibility index (Phi) is 7.86. The zero-order valence-electron chi connectivity index (χ0n) is 15.2. The van der Waals surface area contributed by atoms with E-state index in [1.807, 2.05) is 18.2 Å². The van der Waals surface area contributed by atoms with Crippen LogP contribution in [0.4, 0.5) is 0 Å². The van der Waals surface area contributed by atoms with Crippen LogP contribution < -0.4 is 10.1 Å². The Labute approximate surface area is 155 Å². The average Bonchev–Trinajstić information content (AvgIpc) is 2.60. The predicted octanol–water partition coefficient (Wildman–Crippen LogP) is 4.80. The summed E-state index contributed by atoms with van der Waals surface area (Å²) in [6.45, 7) is 7.38. The molecule has 2 aromatic rings. The molecule has 25 heavy (non-hydrogen) atoms. The minimum atomic E-state index is 0.0698. The number of rotatable bonds is 9. The number of benzene rings is 2. The number of thioether (sulfide) groups is 1. The molecule has 4 heteroatoms. The molecule has 0 spiro atoms. The third-order valence-electron chi connectivity index (χ3n) is 3.84. The minimum Gasteiger partial charge on any atom is -0.491 e. The van der Waals surface area contributed by atoms with Crippen molar-refractivity contribution < 1.29 is 9.53 Å². The largest absolute Gasteiger partial charge is 0.491 e. The molecule has 134 valence electrons. The number of nitrogens with one attached hydrogen (secondary N) is 1. The molecule has 0 aliphatic carbocycles. The molecule has 1 amide bonds. The molecular weight excluding hydrogens is 330 g/mol. The average molecular weight is 358 g/mol. The maximum Gasteiger partial charge on any atom is 0.220 e. The van der Waals surface area contributed by atoms with Crippen molar-refractivity contribution in [2.45, 2.75) is 38.0 Å². The van der Waals surface area contributed by atoms with Crippen LogP contribution in [0.25, 0.3) is 0 Å². The van der Waals surface area contributed by atoms with Gasteiger partial charge in [-0.25, -0.2) is 0 Å². The van der Waals surface area contributed by atoms with Gasteiger partial charge in [0.05, 0.1) is 6.54 Å². The van der Waals surface area contributed by atoms with Gasteiger partial charge in [-0.15, -0.1) is 11.8 Å². The lowest BCUT2D eigenvalue weighted by Crippen LogP contribution is -2.28. The fraction of sp³-hybridized carbons (Fsp3) is 0.381. The molecule has 0 bridgehead atoms.